The normalized spacial score (nSPS) is 14.9. The van der Waals surface area contributed by atoms with E-state index in [1.807, 2.05) is 38.1 Å². The molecule has 2 amide bonds. The van der Waals surface area contributed by atoms with Crippen molar-refractivity contribution in [2.45, 2.75) is 26.4 Å². The van der Waals surface area contributed by atoms with E-state index in [2.05, 4.69) is 15.6 Å². The first-order chi connectivity index (χ1) is 13.5. The van der Waals surface area contributed by atoms with Gasteiger partial charge in [0.1, 0.15) is 16.7 Å². The first-order valence-electron chi connectivity index (χ1n) is 8.91. The van der Waals surface area contributed by atoms with E-state index in [0.29, 0.717) is 16.1 Å². The van der Waals surface area contributed by atoms with E-state index in [4.69, 9.17) is 4.74 Å². The Hall–Kier alpha value is -3.19. The van der Waals surface area contributed by atoms with Gasteiger partial charge in [-0.3, -0.25) is 14.6 Å². The van der Waals surface area contributed by atoms with E-state index < -0.39 is 0 Å². The van der Waals surface area contributed by atoms with Gasteiger partial charge < -0.3 is 15.4 Å². The minimum atomic E-state index is -0.240. The van der Waals surface area contributed by atoms with E-state index in [1.165, 1.54) is 17.5 Å². The standard InChI is InChI=1S/C21H19N3O3S/c1-12-3-4-14(9-17(12)24-21(26)19-10-22-11-28-19)20(25)23-16-5-6-18-15(8-16)7-13(2)27-18/h3-6,8-11,13H,7H2,1-2H3,(H,23,25)(H,24,26). The number of benzene rings is 2. The summed E-state index contributed by atoms with van der Waals surface area (Å²) in [5, 5.41) is 5.76. The van der Waals surface area contributed by atoms with Crippen molar-refractivity contribution < 1.29 is 14.3 Å². The molecular weight excluding hydrogens is 374 g/mol. The molecule has 0 aliphatic carbocycles. The Bertz CT molecular complexity index is 1050. The molecule has 2 heterocycles. The Balaban J connectivity index is 1.50. The number of hydrogen-bond acceptors (Lipinski definition) is 5. The predicted octanol–water partition coefficient (Wildman–Crippen LogP) is 4.28. The second-order valence-electron chi connectivity index (χ2n) is 6.76. The van der Waals surface area contributed by atoms with Crippen LogP contribution in [0, 0.1) is 6.92 Å². The highest BCUT2D eigenvalue weighted by atomic mass is 32.1. The van der Waals surface area contributed by atoms with Crippen molar-refractivity contribution in [1.29, 1.82) is 0 Å². The molecule has 142 valence electrons. The van der Waals surface area contributed by atoms with Crippen molar-refractivity contribution >= 4 is 34.5 Å². The summed E-state index contributed by atoms with van der Waals surface area (Å²) in [4.78, 5) is 29.4. The summed E-state index contributed by atoms with van der Waals surface area (Å²) in [7, 11) is 0. The summed E-state index contributed by atoms with van der Waals surface area (Å²) in [5.74, 6) is 0.394. The number of carbonyl (C=O) groups excluding carboxylic acids is 2. The lowest BCUT2D eigenvalue weighted by Gasteiger charge is -2.11. The molecule has 7 heteroatoms. The van der Waals surface area contributed by atoms with E-state index >= 15 is 0 Å². The topological polar surface area (TPSA) is 80.3 Å². The van der Waals surface area contributed by atoms with Gasteiger partial charge in [-0.05, 0) is 55.3 Å². The highest BCUT2D eigenvalue weighted by Gasteiger charge is 2.19. The zero-order valence-corrected chi connectivity index (χ0v) is 16.3. The average Bonchev–Trinajstić information content (AvgIpc) is 3.32. The van der Waals surface area contributed by atoms with Gasteiger partial charge in [-0.15, -0.1) is 11.3 Å². The number of ether oxygens (including phenoxy) is 1. The van der Waals surface area contributed by atoms with Crippen molar-refractivity contribution in [3.05, 3.63) is 69.7 Å². The fourth-order valence-corrected chi connectivity index (χ4v) is 3.63. The number of fused-ring (bicyclic) bond motifs is 1. The molecule has 0 radical (unpaired) electrons. The number of nitrogens with one attached hydrogen (secondary N) is 2. The van der Waals surface area contributed by atoms with E-state index in [0.717, 1.165) is 29.0 Å². The number of rotatable bonds is 4. The third-order valence-corrected chi connectivity index (χ3v) is 5.33. The highest BCUT2D eigenvalue weighted by Crippen LogP contribution is 2.31. The summed E-state index contributed by atoms with van der Waals surface area (Å²) < 4.78 is 5.69. The van der Waals surface area contributed by atoms with Crippen LogP contribution in [0.3, 0.4) is 0 Å². The van der Waals surface area contributed by atoms with Crippen LogP contribution in [0.1, 0.15) is 38.1 Å². The van der Waals surface area contributed by atoms with Crippen LogP contribution >= 0.6 is 11.3 Å². The van der Waals surface area contributed by atoms with Crippen LogP contribution in [0.15, 0.2) is 48.1 Å². The molecule has 4 rings (SSSR count). The zero-order valence-electron chi connectivity index (χ0n) is 15.5. The van der Waals surface area contributed by atoms with Gasteiger partial charge in [0.2, 0.25) is 0 Å². The van der Waals surface area contributed by atoms with Gasteiger partial charge in [-0.2, -0.15) is 0 Å². The molecule has 0 fully saturated rings. The van der Waals surface area contributed by atoms with E-state index in [9.17, 15) is 9.59 Å². The lowest BCUT2D eigenvalue weighted by atomic mass is 10.1. The molecule has 0 spiro atoms. The van der Waals surface area contributed by atoms with Crippen LogP contribution in [-0.2, 0) is 6.42 Å². The first-order valence-corrected chi connectivity index (χ1v) is 9.79. The Morgan fingerprint density at radius 1 is 1.14 bits per heavy atom. The number of amides is 2. The van der Waals surface area contributed by atoms with Gasteiger partial charge >= 0.3 is 0 Å². The monoisotopic (exact) mass is 393 g/mol. The van der Waals surface area contributed by atoms with Crippen molar-refractivity contribution in [1.82, 2.24) is 4.98 Å². The van der Waals surface area contributed by atoms with Crippen molar-refractivity contribution in [2.75, 3.05) is 10.6 Å². The van der Waals surface area contributed by atoms with Crippen LogP contribution in [0.25, 0.3) is 0 Å². The van der Waals surface area contributed by atoms with Gasteiger partial charge in [0, 0.05) is 23.4 Å². The predicted molar refractivity (Wildman–Crippen MR) is 109 cm³/mol. The number of nitrogens with zero attached hydrogens (tertiary/aromatic N) is 1. The van der Waals surface area contributed by atoms with Crippen LogP contribution in [0.4, 0.5) is 11.4 Å². The van der Waals surface area contributed by atoms with Gasteiger partial charge in [-0.25, -0.2) is 0 Å². The molecule has 1 unspecified atom stereocenters. The molecule has 6 nitrogen and oxygen atoms in total. The maximum Gasteiger partial charge on any atom is 0.267 e. The van der Waals surface area contributed by atoms with Crippen LogP contribution in [-0.4, -0.2) is 22.9 Å². The molecule has 2 aromatic carbocycles. The van der Waals surface area contributed by atoms with Gasteiger partial charge in [-0.1, -0.05) is 6.07 Å². The number of aryl methyl sites for hydroxylation is 1. The molecular formula is C21H19N3O3S. The molecule has 1 aromatic heterocycles. The maximum atomic E-state index is 12.7. The van der Waals surface area contributed by atoms with Crippen LogP contribution < -0.4 is 15.4 Å². The van der Waals surface area contributed by atoms with Gasteiger partial charge in [0.15, 0.2) is 0 Å². The van der Waals surface area contributed by atoms with Crippen molar-refractivity contribution in [3.63, 3.8) is 0 Å². The molecule has 0 saturated carbocycles. The quantitative estimate of drug-likeness (QED) is 0.693. The fraction of sp³-hybridized carbons (Fsp3) is 0.190. The van der Waals surface area contributed by atoms with E-state index in [-0.39, 0.29) is 17.9 Å². The number of thiazole rings is 1. The molecule has 1 aliphatic heterocycles. The summed E-state index contributed by atoms with van der Waals surface area (Å²) in [6, 6.07) is 10.9. The molecule has 3 aromatic rings. The zero-order chi connectivity index (χ0) is 19.7. The first kappa shape index (κ1) is 18.2. The van der Waals surface area contributed by atoms with E-state index in [1.54, 1.807) is 17.6 Å². The summed E-state index contributed by atoms with van der Waals surface area (Å²) >= 11 is 1.27. The number of aromatic nitrogens is 1. The Labute approximate surface area is 166 Å². The molecule has 28 heavy (non-hydrogen) atoms. The van der Waals surface area contributed by atoms with Gasteiger partial charge in [0.25, 0.3) is 11.8 Å². The minimum Gasteiger partial charge on any atom is -0.490 e. The molecule has 2 N–H and O–H groups in total. The maximum absolute atomic E-state index is 12.7. The number of carbonyl (C=O) groups is 2. The highest BCUT2D eigenvalue weighted by molar-refractivity contribution is 7.11. The van der Waals surface area contributed by atoms with Crippen LogP contribution in [0.5, 0.6) is 5.75 Å². The summed E-state index contributed by atoms with van der Waals surface area (Å²) in [5.41, 5.74) is 5.35. The summed E-state index contributed by atoms with van der Waals surface area (Å²) in [6.07, 6.45) is 2.50. The Morgan fingerprint density at radius 3 is 2.79 bits per heavy atom. The molecule has 0 saturated heterocycles. The summed E-state index contributed by atoms with van der Waals surface area (Å²) in [6.45, 7) is 3.90. The number of hydrogen-bond donors (Lipinski definition) is 2. The average molecular weight is 393 g/mol. The lowest BCUT2D eigenvalue weighted by Crippen LogP contribution is -2.15. The van der Waals surface area contributed by atoms with Crippen molar-refractivity contribution in [3.8, 4) is 5.75 Å². The number of anilines is 2. The molecule has 1 atom stereocenters. The molecule has 0 bridgehead atoms. The Kier molecular flexibility index (Phi) is 4.83. The smallest absolute Gasteiger partial charge is 0.267 e. The third kappa shape index (κ3) is 3.75. The second kappa shape index (κ2) is 7.44. The van der Waals surface area contributed by atoms with Crippen LogP contribution in [0.2, 0.25) is 0 Å². The SMILES string of the molecule is Cc1ccc(C(=O)Nc2ccc3c(c2)CC(C)O3)cc1NC(=O)c1cncs1. The second-order valence-corrected chi connectivity index (χ2v) is 7.65. The molecule has 1 aliphatic rings. The van der Waals surface area contributed by atoms with Gasteiger partial charge in [0.05, 0.1) is 11.7 Å². The fourth-order valence-electron chi connectivity index (χ4n) is 3.11. The third-order valence-electron chi connectivity index (χ3n) is 4.56. The minimum absolute atomic E-state index is 0.155. The van der Waals surface area contributed by atoms with Crippen molar-refractivity contribution in [2.24, 2.45) is 0 Å². The lowest BCUT2D eigenvalue weighted by molar-refractivity contribution is 0.101. The Morgan fingerprint density at radius 2 is 2.00 bits per heavy atom. The largest absolute Gasteiger partial charge is 0.490 e.